The predicted octanol–water partition coefficient (Wildman–Crippen LogP) is 2.60. The van der Waals surface area contributed by atoms with Crippen LogP contribution in [0.25, 0.3) is 0 Å². The Kier molecular flexibility index (Phi) is 3.44. The fourth-order valence-electron chi connectivity index (χ4n) is 2.34. The van der Waals surface area contributed by atoms with E-state index in [1.165, 1.54) is 0 Å². The average molecular weight is 273 g/mol. The molecule has 0 atom stereocenters. The van der Waals surface area contributed by atoms with Crippen molar-refractivity contribution in [1.82, 2.24) is 10.1 Å². The van der Waals surface area contributed by atoms with Crippen LogP contribution in [0.4, 0.5) is 0 Å². The fraction of sp³-hybridized carbons (Fsp3) is 0.467. The molecule has 106 valence electrons. The highest BCUT2D eigenvalue weighted by molar-refractivity contribution is 5.43. The molecular weight excluding hydrogens is 254 g/mol. The zero-order valence-corrected chi connectivity index (χ0v) is 11.8. The van der Waals surface area contributed by atoms with Crippen LogP contribution in [0, 0.1) is 13.8 Å². The van der Waals surface area contributed by atoms with Gasteiger partial charge in [-0.2, -0.15) is 4.98 Å². The van der Waals surface area contributed by atoms with Crippen molar-refractivity contribution in [3.63, 3.8) is 0 Å². The molecule has 0 unspecified atom stereocenters. The number of aryl methyl sites for hydroxylation is 2. The quantitative estimate of drug-likeness (QED) is 0.906. The van der Waals surface area contributed by atoms with Gasteiger partial charge in [0, 0.05) is 12.5 Å². The molecule has 2 aromatic rings. The Morgan fingerprint density at radius 3 is 2.60 bits per heavy atom. The molecule has 1 heterocycles. The van der Waals surface area contributed by atoms with Gasteiger partial charge in [0.05, 0.1) is 0 Å². The number of benzene rings is 1. The monoisotopic (exact) mass is 273 g/mol. The van der Waals surface area contributed by atoms with E-state index in [4.69, 9.17) is 15.0 Å². The van der Waals surface area contributed by atoms with Crippen LogP contribution in [-0.4, -0.2) is 10.1 Å². The highest BCUT2D eigenvalue weighted by atomic mass is 16.5. The molecule has 0 aliphatic heterocycles. The van der Waals surface area contributed by atoms with Crippen molar-refractivity contribution < 1.29 is 9.26 Å². The molecule has 5 heteroatoms. The Balaban J connectivity index is 1.70. The molecule has 1 saturated carbocycles. The van der Waals surface area contributed by atoms with Crippen LogP contribution in [0.2, 0.25) is 0 Å². The van der Waals surface area contributed by atoms with E-state index in [0.29, 0.717) is 24.9 Å². The van der Waals surface area contributed by atoms with Crippen LogP contribution in [-0.2, 0) is 13.2 Å². The van der Waals surface area contributed by atoms with Crippen molar-refractivity contribution in [3.8, 4) is 5.75 Å². The minimum Gasteiger partial charge on any atom is -0.485 e. The topological polar surface area (TPSA) is 74.2 Å². The molecule has 0 radical (unpaired) electrons. The second kappa shape index (κ2) is 5.25. The van der Waals surface area contributed by atoms with Gasteiger partial charge >= 0.3 is 0 Å². The van der Waals surface area contributed by atoms with Gasteiger partial charge in [0.2, 0.25) is 11.7 Å². The van der Waals surface area contributed by atoms with Crippen molar-refractivity contribution in [2.75, 3.05) is 0 Å². The van der Waals surface area contributed by atoms with E-state index >= 15 is 0 Å². The number of hydrogen-bond acceptors (Lipinski definition) is 5. The van der Waals surface area contributed by atoms with Gasteiger partial charge in [-0.15, -0.1) is 0 Å². The molecule has 5 nitrogen and oxygen atoms in total. The van der Waals surface area contributed by atoms with Crippen LogP contribution in [0.3, 0.4) is 0 Å². The Morgan fingerprint density at radius 1 is 1.30 bits per heavy atom. The summed E-state index contributed by atoms with van der Waals surface area (Å²) in [6.45, 7) is 4.91. The smallest absolute Gasteiger partial charge is 0.229 e. The van der Waals surface area contributed by atoms with Gasteiger partial charge in [-0.3, -0.25) is 0 Å². The fourth-order valence-corrected chi connectivity index (χ4v) is 2.34. The van der Waals surface area contributed by atoms with E-state index < -0.39 is 0 Å². The molecule has 0 bridgehead atoms. The lowest BCUT2D eigenvalue weighted by atomic mass is 10.1. The molecule has 1 aromatic heterocycles. The highest BCUT2D eigenvalue weighted by Gasteiger charge is 2.29. The summed E-state index contributed by atoms with van der Waals surface area (Å²) in [5.74, 6) is 2.70. The van der Waals surface area contributed by atoms with Crippen LogP contribution < -0.4 is 10.5 Å². The lowest BCUT2D eigenvalue weighted by molar-refractivity contribution is 0.281. The normalized spacial score (nSPS) is 14.6. The summed E-state index contributed by atoms with van der Waals surface area (Å²) in [6.07, 6.45) is 2.31. The first kappa shape index (κ1) is 13.1. The Morgan fingerprint density at radius 2 is 2.00 bits per heavy atom. The van der Waals surface area contributed by atoms with Gasteiger partial charge in [-0.1, -0.05) is 17.3 Å². The molecule has 1 fully saturated rings. The number of nitrogens with zero attached hydrogens (tertiary/aromatic N) is 2. The number of ether oxygens (including phenoxy) is 1. The number of aromatic nitrogens is 2. The number of rotatable bonds is 5. The summed E-state index contributed by atoms with van der Waals surface area (Å²) in [5.41, 5.74) is 8.94. The zero-order chi connectivity index (χ0) is 14.1. The lowest BCUT2D eigenvalue weighted by Gasteiger charge is -2.12. The van der Waals surface area contributed by atoms with Crippen molar-refractivity contribution in [1.29, 1.82) is 0 Å². The molecule has 0 saturated heterocycles. The summed E-state index contributed by atoms with van der Waals surface area (Å²) in [5, 5.41) is 3.95. The summed E-state index contributed by atoms with van der Waals surface area (Å²) in [6, 6.07) is 4.10. The molecule has 1 aliphatic rings. The van der Waals surface area contributed by atoms with Gasteiger partial charge in [0.15, 0.2) is 6.61 Å². The molecule has 2 N–H and O–H groups in total. The average Bonchev–Trinajstić information content (AvgIpc) is 3.17. The SMILES string of the molecule is Cc1cc(CN)cc(C)c1OCc1noc(C2CC2)n1. The van der Waals surface area contributed by atoms with Crippen LogP contribution in [0.15, 0.2) is 16.7 Å². The molecule has 0 spiro atoms. The first-order valence-corrected chi connectivity index (χ1v) is 6.93. The maximum absolute atomic E-state index is 5.84. The molecule has 1 aromatic carbocycles. The molecular formula is C15H19N3O2. The van der Waals surface area contributed by atoms with E-state index in [0.717, 1.165) is 41.2 Å². The van der Waals surface area contributed by atoms with Crippen molar-refractivity contribution in [2.24, 2.45) is 5.73 Å². The molecule has 1 aliphatic carbocycles. The summed E-state index contributed by atoms with van der Waals surface area (Å²) in [7, 11) is 0. The van der Waals surface area contributed by atoms with Gasteiger partial charge in [0.1, 0.15) is 5.75 Å². The van der Waals surface area contributed by atoms with Gasteiger partial charge in [0.25, 0.3) is 0 Å². The number of hydrogen-bond donors (Lipinski definition) is 1. The number of nitrogens with two attached hydrogens (primary N) is 1. The molecule has 3 rings (SSSR count). The first-order chi connectivity index (χ1) is 9.67. The van der Waals surface area contributed by atoms with E-state index in [1.54, 1.807) is 0 Å². The summed E-state index contributed by atoms with van der Waals surface area (Å²) < 4.78 is 11.1. The van der Waals surface area contributed by atoms with Gasteiger partial charge < -0.3 is 15.0 Å². The largest absolute Gasteiger partial charge is 0.485 e. The highest BCUT2D eigenvalue weighted by Crippen LogP contribution is 2.38. The van der Waals surface area contributed by atoms with Crippen molar-refractivity contribution in [2.45, 2.75) is 45.8 Å². The summed E-state index contributed by atoms with van der Waals surface area (Å²) >= 11 is 0. The Labute approximate surface area is 118 Å². The maximum atomic E-state index is 5.84. The molecule has 0 amide bonds. The van der Waals surface area contributed by atoms with Crippen molar-refractivity contribution >= 4 is 0 Å². The lowest BCUT2D eigenvalue weighted by Crippen LogP contribution is -2.03. The van der Waals surface area contributed by atoms with Gasteiger partial charge in [-0.05, 0) is 43.4 Å². The third-order valence-corrected chi connectivity index (χ3v) is 3.51. The Bertz CT molecular complexity index is 594. The van der Waals surface area contributed by atoms with Gasteiger partial charge in [-0.25, -0.2) is 0 Å². The Hall–Kier alpha value is -1.88. The van der Waals surface area contributed by atoms with E-state index in [9.17, 15) is 0 Å². The maximum Gasteiger partial charge on any atom is 0.229 e. The first-order valence-electron chi connectivity index (χ1n) is 6.93. The van der Waals surface area contributed by atoms with Crippen LogP contribution in [0.1, 0.15) is 47.2 Å². The molecule has 20 heavy (non-hydrogen) atoms. The van der Waals surface area contributed by atoms with E-state index in [-0.39, 0.29) is 0 Å². The predicted molar refractivity (Wildman–Crippen MR) is 74.4 cm³/mol. The standard InChI is InChI=1S/C15H19N3O2/c1-9-5-11(7-16)6-10(2)14(9)19-8-13-17-15(20-18-13)12-3-4-12/h5-6,12H,3-4,7-8,16H2,1-2H3. The second-order valence-electron chi connectivity index (χ2n) is 5.37. The van der Waals surface area contributed by atoms with Crippen LogP contribution >= 0.6 is 0 Å². The third kappa shape index (κ3) is 2.67. The zero-order valence-electron chi connectivity index (χ0n) is 11.8. The second-order valence-corrected chi connectivity index (χ2v) is 5.37. The summed E-state index contributed by atoms with van der Waals surface area (Å²) in [4.78, 5) is 4.36. The minimum atomic E-state index is 0.333. The van der Waals surface area contributed by atoms with Crippen LogP contribution in [0.5, 0.6) is 5.75 Å². The van der Waals surface area contributed by atoms with E-state index in [2.05, 4.69) is 10.1 Å². The van der Waals surface area contributed by atoms with E-state index in [1.807, 2.05) is 26.0 Å². The van der Waals surface area contributed by atoms with Crippen molar-refractivity contribution in [3.05, 3.63) is 40.5 Å². The minimum absolute atomic E-state index is 0.333. The third-order valence-electron chi connectivity index (χ3n) is 3.51.